The Kier molecular flexibility index (Phi) is 7.26. The van der Waals surface area contributed by atoms with Gasteiger partial charge in [-0.15, -0.1) is 0 Å². The quantitative estimate of drug-likeness (QED) is 0.505. The summed E-state index contributed by atoms with van der Waals surface area (Å²) in [5.41, 5.74) is 0.600. The van der Waals surface area contributed by atoms with Gasteiger partial charge in [0.15, 0.2) is 12.4 Å². The standard InChI is InChI=1S/C22H25N3O5/c1-4-28-18-7-5-16(6-8-18)22(26)25(2)14-13-20-23-21(30-24-20)15-29-19-11-9-17(27-3)10-12-19/h5-12H,4,13-15H2,1-3H3. The smallest absolute Gasteiger partial charge is 0.264 e. The van der Waals surface area contributed by atoms with Gasteiger partial charge >= 0.3 is 0 Å². The van der Waals surface area contributed by atoms with E-state index in [9.17, 15) is 4.79 Å². The average Bonchev–Trinajstić information content (AvgIpc) is 3.24. The molecule has 1 amide bonds. The topological polar surface area (TPSA) is 86.9 Å². The number of amides is 1. The molecule has 3 aromatic rings. The lowest BCUT2D eigenvalue weighted by Gasteiger charge is -2.16. The van der Waals surface area contributed by atoms with Crippen LogP contribution in [-0.2, 0) is 13.0 Å². The maximum atomic E-state index is 12.5. The van der Waals surface area contributed by atoms with Gasteiger partial charge in [0, 0.05) is 25.6 Å². The number of carbonyl (C=O) groups is 1. The van der Waals surface area contributed by atoms with E-state index in [1.54, 1.807) is 55.5 Å². The molecule has 0 atom stereocenters. The fourth-order valence-corrected chi connectivity index (χ4v) is 2.72. The molecular weight excluding hydrogens is 386 g/mol. The third-order valence-electron chi connectivity index (χ3n) is 4.36. The van der Waals surface area contributed by atoms with Crippen LogP contribution in [0.1, 0.15) is 29.0 Å². The molecule has 0 saturated heterocycles. The van der Waals surface area contributed by atoms with E-state index in [0.717, 1.165) is 11.5 Å². The van der Waals surface area contributed by atoms with Crippen molar-refractivity contribution in [3.05, 3.63) is 65.8 Å². The Labute approximate surface area is 175 Å². The second-order valence-electron chi connectivity index (χ2n) is 6.50. The predicted octanol–water partition coefficient (Wildman–Crippen LogP) is 3.37. The Balaban J connectivity index is 1.47. The van der Waals surface area contributed by atoms with Gasteiger partial charge in [-0.2, -0.15) is 4.98 Å². The minimum Gasteiger partial charge on any atom is -0.497 e. The van der Waals surface area contributed by atoms with E-state index in [1.165, 1.54) is 0 Å². The third-order valence-corrected chi connectivity index (χ3v) is 4.36. The summed E-state index contributed by atoms with van der Waals surface area (Å²) in [4.78, 5) is 18.5. The zero-order valence-corrected chi connectivity index (χ0v) is 17.3. The van der Waals surface area contributed by atoms with Gasteiger partial charge < -0.3 is 23.6 Å². The van der Waals surface area contributed by atoms with Crippen molar-refractivity contribution in [2.45, 2.75) is 20.0 Å². The summed E-state index contributed by atoms with van der Waals surface area (Å²) in [6.07, 6.45) is 0.477. The number of hydrogen-bond acceptors (Lipinski definition) is 7. The summed E-state index contributed by atoms with van der Waals surface area (Å²) in [5, 5.41) is 3.95. The van der Waals surface area contributed by atoms with E-state index in [4.69, 9.17) is 18.7 Å². The molecule has 30 heavy (non-hydrogen) atoms. The van der Waals surface area contributed by atoms with Crippen LogP contribution >= 0.6 is 0 Å². The van der Waals surface area contributed by atoms with Crippen LogP contribution in [0.5, 0.6) is 17.2 Å². The molecule has 8 nitrogen and oxygen atoms in total. The number of likely N-dealkylation sites (N-methyl/N-ethyl adjacent to an activating group) is 1. The number of methoxy groups -OCH3 is 1. The SMILES string of the molecule is CCOc1ccc(C(=O)N(C)CCc2noc(COc3ccc(OC)cc3)n2)cc1. The number of carbonyl (C=O) groups excluding carboxylic acids is 1. The van der Waals surface area contributed by atoms with Crippen LogP contribution in [0.3, 0.4) is 0 Å². The molecule has 3 rings (SSSR count). The summed E-state index contributed by atoms with van der Waals surface area (Å²) < 4.78 is 21.4. The maximum Gasteiger partial charge on any atom is 0.264 e. The number of benzene rings is 2. The Morgan fingerprint density at radius 2 is 1.63 bits per heavy atom. The molecule has 0 bridgehead atoms. The van der Waals surface area contributed by atoms with Crippen molar-refractivity contribution in [1.29, 1.82) is 0 Å². The van der Waals surface area contributed by atoms with Crippen LogP contribution in [0.4, 0.5) is 0 Å². The molecule has 1 aromatic heterocycles. The molecule has 0 aliphatic carbocycles. The minimum absolute atomic E-state index is 0.0791. The van der Waals surface area contributed by atoms with Crippen LogP contribution in [0.15, 0.2) is 53.1 Å². The molecule has 0 unspecified atom stereocenters. The van der Waals surface area contributed by atoms with E-state index in [2.05, 4.69) is 10.1 Å². The first-order chi connectivity index (χ1) is 14.6. The van der Waals surface area contributed by atoms with Crippen LogP contribution in [0.2, 0.25) is 0 Å². The number of hydrogen-bond donors (Lipinski definition) is 0. The number of ether oxygens (including phenoxy) is 3. The fraction of sp³-hybridized carbons (Fsp3) is 0.318. The van der Waals surface area contributed by atoms with Crippen LogP contribution in [0, 0.1) is 0 Å². The molecule has 8 heteroatoms. The average molecular weight is 411 g/mol. The molecule has 158 valence electrons. The first-order valence-electron chi connectivity index (χ1n) is 9.65. The number of rotatable bonds is 10. The minimum atomic E-state index is -0.0791. The van der Waals surface area contributed by atoms with Gasteiger partial charge in [0.25, 0.3) is 11.8 Å². The summed E-state index contributed by atoms with van der Waals surface area (Å²) in [6, 6.07) is 14.3. The zero-order chi connectivity index (χ0) is 21.3. The Hall–Kier alpha value is -3.55. The lowest BCUT2D eigenvalue weighted by molar-refractivity contribution is 0.0795. The van der Waals surface area contributed by atoms with Crippen molar-refractivity contribution < 1.29 is 23.5 Å². The van der Waals surface area contributed by atoms with Gasteiger partial charge in [-0.1, -0.05) is 5.16 Å². The molecule has 2 aromatic carbocycles. The van der Waals surface area contributed by atoms with Gasteiger partial charge in [-0.3, -0.25) is 4.79 Å². The van der Waals surface area contributed by atoms with Crippen molar-refractivity contribution in [2.75, 3.05) is 27.3 Å². The second-order valence-corrected chi connectivity index (χ2v) is 6.50. The Bertz CT molecular complexity index is 938. The molecule has 0 saturated carbocycles. The monoisotopic (exact) mass is 411 g/mol. The highest BCUT2D eigenvalue weighted by atomic mass is 16.5. The van der Waals surface area contributed by atoms with Gasteiger partial charge in [0.05, 0.1) is 13.7 Å². The molecule has 0 aliphatic rings. The van der Waals surface area contributed by atoms with Crippen LogP contribution in [-0.4, -0.2) is 48.3 Å². The summed E-state index contributed by atoms with van der Waals surface area (Å²) >= 11 is 0. The Morgan fingerprint density at radius 3 is 2.30 bits per heavy atom. The molecule has 0 aliphatic heterocycles. The normalized spacial score (nSPS) is 10.5. The molecule has 0 N–H and O–H groups in total. The first-order valence-corrected chi connectivity index (χ1v) is 9.65. The van der Waals surface area contributed by atoms with Crippen LogP contribution in [0.25, 0.3) is 0 Å². The van der Waals surface area contributed by atoms with Gasteiger partial charge in [-0.25, -0.2) is 0 Å². The summed E-state index contributed by atoms with van der Waals surface area (Å²) in [5.74, 6) is 3.00. The highest BCUT2D eigenvalue weighted by molar-refractivity contribution is 5.94. The highest BCUT2D eigenvalue weighted by Crippen LogP contribution is 2.18. The van der Waals surface area contributed by atoms with E-state index in [0.29, 0.717) is 42.6 Å². The second kappa shape index (κ2) is 10.3. The first kappa shape index (κ1) is 21.2. The van der Waals surface area contributed by atoms with Crippen molar-refractivity contribution >= 4 is 5.91 Å². The largest absolute Gasteiger partial charge is 0.497 e. The third kappa shape index (κ3) is 5.73. The maximum absolute atomic E-state index is 12.5. The Morgan fingerprint density at radius 1 is 1.00 bits per heavy atom. The van der Waals surface area contributed by atoms with E-state index in [-0.39, 0.29) is 12.5 Å². The van der Waals surface area contributed by atoms with E-state index in [1.807, 2.05) is 19.1 Å². The van der Waals surface area contributed by atoms with Crippen molar-refractivity contribution in [3.8, 4) is 17.2 Å². The molecular formula is C22H25N3O5. The highest BCUT2D eigenvalue weighted by Gasteiger charge is 2.14. The molecule has 0 fully saturated rings. The van der Waals surface area contributed by atoms with E-state index < -0.39 is 0 Å². The van der Waals surface area contributed by atoms with E-state index >= 15 is 0 Å². The van der Waals surface area contributed by atoms with Crippen molar-refractivity contribution in [1.82, 2.24) is 15.0 Å². The van der Waals surface area contributed by atoms with Gasteiger partial charge in [-0.05, 0) is 55.5 Å². The van der Waals surface area contributed by atoms with Crippen LogP contribution < -0.4 is 14.2 Å². The van der Waals surface area contributed by atoms with Gasteiger partial charge in [0.2, 0.25) is 0 Å². The summed E-state index contributed by atoms with van der Waals surface area (Å²) in [7, 11) is 3.35. The van der Waals surface area contributed by atoms with Crippen molar-refractivity contribution in [2.24, 2.45) is 0 Å². The summed E-state index contributed by atoms with van der Waals surface area (Å²) in [6.45, 7) is 3.14. The van der Waals surface area contributed by atoms with Gasteiger partial charge in [0.1, 0.15) is 17.2 Å². The number of aromatic nitrogens is 2. The lowest BCUT2D eigenvalue weighted by Crippen LogP contribution is -2.29. The number of nitrogens with zero attached hydrogens (tertiary/aromatic N) is 3. The van der Waals surface area contributed by atoms with Crippen molar-refractivity contribution in [3.63, 3.8) is 0 Å². The fourth-order valence-electron chi connectivity index (χ4n) is 2.72. The molecule has 1 heterocycles. The molecule has 0 radical (unpaired) electrons. The predicted molar refractivity (Wildman–Crippen MR) is 110 cm³/mol. The lowest BCUT2D eigenvalue weighted by atomic mass is 10.2. The molecule has 0 spiro atoms. The zero-order valence-electron chi connectivity index (χ0n) is 17.3.